The van der Waals surface area contributed by atoms with E-state index in [0.717, 1.165) is 0 Å². The summed E-state index contributed by atoms with van der Waals surface area (Å²) in [5, 5.41) is 3.84. The molecule has 0 fully saturated rings. The van der Waals surface area contributed by atoms with E-state index in [-0.39, 0.29) is 11.7 Å². The van der Waals surface area contributed by atoms with E-state index in [2.05, 4.69) is 15.3 Å². The van der Waals surface area contributed by atoms with Crippen LogP contribution in [0.5, 0.6) is 0 Å². The molecule has 1 aromatic heterocycles. The number of hydrogen-bond acceptors (Lipinski definition) is 5. The summed E-state index contributed by atoms with van der Waals surface area (Å²) in [6.45, 7) is 0. The maximum Gasteiger partial charge on any atom is 0.234 e. The van der Waals surface area contributed by atoms with Crippen molar-refractivity contribution in [1.82, 2.24) is 9.97 Å². The molecule has 0 unspecified atom stereocenters. The van der Waals surface area contributed by atoms with E-state index in [9.17, 15) is 4.79 Å². The lowest BCUT2D eigenvalue weighted by molar-refractivity contribution is -0.113. The fourth-order valence-corrected chi connectivity index (χ4v) is 2.11. The molecule has 1 heterocycles. The number of carbonyl (C=O) groups excluding carboxylic acids is 1. The Hall–Kier alpha value is -1.79. The first kappa shape index (κ1) is 13.6. The first-order valence-corrected chi connectivity index (χ1v) is 6.75. The molecule has 5 nitrogen and oxygen atoms in total. The highest BCUT2D eigenvalue weighted by molar-refractivity contribution is 7.99. The number of rotatable bonds is 4. The van der Waals surface area contributed by atoms with Crippen LogP contribution in [0.3, 0.4) is 0 Å². The summed E-state index contributed by atoms with van der Waals surface area (Å²) in [7, 11) is 0. The van der Waals surface area contributed by atoms with Crippen molar-refractivity contribution in [3.8, 4) is 0 Å². The van der Waals surface area contributed by atoms with Crippen molar-refractivity contribution in [2.24, 2.45) is 0 Å². The molecule has 98 valence electrons. The van der Waals surface area contributed by atoms with Gasteiger partial charge in [0.2, 0.25) is 5.91 Å². The molecular weight excluding hydrogens is 284 g/mol. The van der Waals surface area contributed by atoms with Crippen LogP contribution >= 0.6 is 23.4 Å². The van der Waals surface area contributed by atoms with Gasteiger partial charge in [0, 0.05) is 18.1 Å². The number of thioether (sulfide) groups is 1. The average Bonchev–Trinajstić information content (AvgIpc) is 2.42. The van der Waals surface area contributed by atoms with Crippen molar-refractivity contribution in [3.63, 3.8) is 0 Å². The first-order valence-electron chi connectivity index (χ1n) is 5.39. The van der Waals surface area contributed by atoms with Crippen LogP contribution in [-0.4, -0.2) is 21.6 Å². The zero-order valence-corrected chi connectivity index (χ0v) is 11.4. The number of anilines is 2. The second kappa shape index (κ2) is 6.40. The quantitative estimate of drug-likeness (QED) is 0.669. The van der Waals surface area contributed by atoms with Gasteiger partial charge in [0.05, 0.1) is 22.7 Å². The third-order valence-electron chi connectivity index (χ3n) is 2.16. The van der Waals surface area contributed by atoms with Gasteiger partial charge in [-0.1, -0.05) is 23.4 Å². The Morgan fingerprint density at radius 1 is 1.42 bits per heavy atom. The molecular formula is C12H11ClN4OS. The fourth-order valence-electron chi connectivity index (χ4n) is 1.32. The molecule has 0 atom stereocenters. The van der Waals surface area contributed by atoms with Gasteiger partial charge in [0.25, 0.3) is 0 Å². The highest BCUT2D eigenvalue weighted by Gasteiger charge is 2.07. The largest absolute Gasteiger partial charge is 0.399 e. The molecule has 1 amide bonds. The molecule has 0 radical (unpaired) electrons. The first-order chi connectivity index (χ1) is 9.15. The van der Waals surface area contributed by atoms with Crippen LogP contribution in [0.25, 0.3) is 0 Å². The summed E-state index contributed by atoms with van der Waals surface area (Å²) in [5.74, 6) is 0.0484. The predicted molar refractivity (Wildman–Crippen MR) is 77.3 cm³/mol. The van der Waals surface area contributed by atoms with E-state index in [1.165, 1.54) is 11.8 Å². The van der Waals surface area contributed by atoms with E-state index in [1.807, 2.05) is 0 Å². The number of aromatic nitrogens is 2. The molecule has 19 heavy (non-hydrogen) atoms. The van der Waals surface area contributed by atoms with Gasteiger partial charge in [-0.05, 0) is 18.2 Å². The van der Waals surface area contributed by atoms with Gasteiger partial charge in [-0.3, -0.25) is 9.78 Å². The summed E-state index contributed by atoms with van der Waals surface area (Å²) in [6.07, 6.45) is 4.76. The fraction of sp³-hybridized carbons (Fsp3) is 0.0833. The lowest BCUT2D eigenvalue weighted by atomic mass is 10.3. The Bertz CT molecular complexity index is 579. The molecule has 2 aromatic rings. The Kier molecular flexibility index (Phi) is 4.59. The van der Waals surface area contributed by atoms with Gasteiger partial charge in [-0.2, -0.15) is 0 Å². The molecule has 2 rings (SSSR count). The van der Waals surface area contributed by atoms with Gasteiger partial charge in [-0.15, -0.1) is 0 Å². The van der Waals surface area contributed by atoms with Gasteiger partial charge in [0.15, 0.2) is 0 Å². The molecule has 3 N–H and O–H groups in total. The Labute approximate surface area is 119 Å². The molecule has 0 aliphatic carbocycles. The van der Waals surface area contributed by atoms with Gasteiger partial charge in [-0.25, -0.2) is 4.98 Å². The summed E-state index contributed by atoms with van der Waals surface area (Å²) in [6, 6.07) is 4.93. The Morgan fingerprint density at radius 2 is 2.26 bits per heavy atom. The molecule has 0 aliphatic rings. The summed E-state index contributed by atoms with van der Waals surface area (Å²) >= 11 is 7.26. The molecule has 0 saturated heterocycles. The normalized spacial score (nSPS) is 10.2. The number of amides is 1. The maximum absolute atomic E-state index is 11.8. The van der Waals surface area contributed by atoms with Crippen LogP contribution in [0.2, 0.25) is 5.02 Å². The zero-order valence-electron chi connectivity index (χ0n) is 9.84. The van der Waals surface area contributed by atoms with Crippen LogP contribution in [0, 0.1) is 0 Å². The molecule has 1 aromatic carbocycles. The monoisotopic (exact) mass is 294 g/mol. The summed E-state index contributed by atoms with van der Waals surface area (Å²) in [5.41, 5.74) is 6.68. The van der Waals surface area contributed by atoms with Crippen molar-refractivity contribution in [2.45, 2.75) is 5.03 Å². The third-order valence-corrected chi connectivity index (χ3v) is 3.40. The van der Waals surface area contributed by atoms with E-state index in [4.69, 9.17) is 17.3 Å². The number of nitrogen functional groups attached to an aromatic ring is 1. The van der Waals surface area contributed by atoms with Crippen molar-refractivity contribution in [2.75, 3.05) is 16.8 Å². The van der Waals surface area contributed by atoms with E-state index in [0.29, 0.717) is 21.4 Å². The Balaban J connectivity index is 1.93. The highest BCUT2D eigenvalue weighted by Crippen LogP contribution is 2.24. The minimum absolute atomic E-state index is 0.178. The van der Waals surface area contributed by atoms with Crippen LogP contribution in [0.1, 0.15) is 0 Å². The zero-order chi connectivity index (χ0) is 13.7. The molecule has 0 aliphatic heterocycles. The van der Waals surface area contributed by atoms with Crippen LogP contribution < -0.4 is 11.1 Å². The number of nitrogens with one attached hydrogen (secondary N) is 1. The minimum atomic E-state index is -0.178. The lowest BCUT2D eigenvalue weighted by Gasteiger charge is -2.07. The second-order valence-electron chi connectivity index (χ2n) is 3.62. The molecule has 0 spiro atoms. The van der Waals surface area contributed by atoms with E-state index < -0.39 is 0 Å². The van der Waals surface area contributed by atoms with Gasteiger partial charge >= 0.3 is 0 Å². The number of benzene rings is 1. The van der Waals surface area contributed by atoms with E-state index in [1.54, 1.807) is 36.8 Å². The molecule has 0 bridgehead atoms. The number of carbonyl (C=O) groups is 1. The number of nitrogens with two attached hydrogens (primary N) is 1. The lowest BCUT2D eigenvalue weighted by Crippen LogP contribution is -2.14. The SMILES string of the molecule is Nc1ccc(Cl)c(NC(=O)CSc2cnccn2)c1. The van der Waals surface area contributed by atoms with Crippen molar-refractivity contribution in [1.29, 1.82) is 0 Å². The Morgan fingerprint density at radius 3 is 3.00 bits per heavy atom. The van der Waals surface area contributed by atoms with Gasteiger partial charge in [0.1, 0.15) is 5.03 Å². The number of hydrogen-bond donors (Lipinski definition) is 2. The van der Waals surface area contributed by atoms with Crippen molar-refractivity contribution < 1.29 is 4.79 Å². The van der Waals surface area contributed by atoms with Crippen LogP contribution in [0.15, 0.2) is 41.8 Å². The van der Waals surface area contributed by atoms with Crippen molar-refractivity contribution >= 4 is 40.6 Å². The highest BCUT2D eigenvalue weighted by atomic mass is 35.5. The van der Waals surface area contributed by atoms with Crippen LogP contribution in [-0.2, 0) is 4.79 Å². The summed E-state index contributed by atoms with van der Waals surface area (Å²) in [4.78, 5) is 19.8. The standard InChI is InChI=1S/C12H11ClN4OS/c13-9-2-1-8(14)5-10(9)17-11(18)7-19-12-6-15-3-4-16-12/h1-6H,7,14H2,(H,17,18). The minimum Gasteiger partial charge on any atom is -0.399 e. The van der Waals surface area contributed by atoms with E-state index >= 15 is 0 Å². The third kappa shape index (κ3) is 4.11. The van der Waals surface area contributed by atoms with Gasteiger partial charge < -0.3 is 11.1 Å². The maximum atomic E-state index is 11.8. The molecule has 0 saturated carbocycles. The predicted octanol–water partition coefficient (Wildman–Crippen LogP) is 2.44. The average molecular weight is 295 g/mol. The van der Waals surface area contributed by atoms with Crippen LogP contribution in [0.4, 0.5) is 11.4 Å². The van der Waals surface area contributed by atoms with Crippen molar-refractivity contribution in [3.05, 3.63) is 41.8 Å². The second-order valence-corrected chi connectivity index (χ2v) is 5.02. The number of nitrogens with zero attached hydrogens (tertiary/aromatic N) is 2. The smallest absolute Gasteiger partial charge is 0.234 e. The summed E-state index contributed by atoms with van der Waals surface area (Å²) < 4.78 is 0. The number of halogens is 1. The molecule has 7 heteroatoms. The topological polar surface area (TPSA) is 80.9 Å².